The smallest absolute Gasteiger partial charge is 0.226 e. The Labute approximate surface area is 118 Å². The molecule has 1 unspecified atom stereocenters. The molecular weight excluding hydrogens is 257 g/mol. The summed E-state index contributed by atoms with van der Waals surface area (Å²) in [6.45, 7) is 2.46. The van der Waals surface area contributed by atoms with Gasteiger partial charge in [0.15, 0.2) is 0 Å². The van der Waals surface area contributed by atoms with Gasteiger partial charge in [0.25, 0.3) is 0 Å². The minimum atomic E-state index is -0.267. The monoisotopic (exact) mass is 277 g/mol. The normalized spacial score (nSPS) is 21.6. The minimum Gasteiger partial charge on any atom is -0.324 e. The van der Waals surface area contributed by atoms with Crippen molar-refractivity contribution in [3.05, 3.63) is 29.1 Å². The van der Waals surface area contributed by atoms with Crippen LogP contribution in [0.4, 0.5) is 10.1 Å². The number of anilines is 1. The standard InChI is InChI=1S/C15H20FN3O/c16-15-12-5-7-17-9-10(12)3-4-13(15)19-14(20)8-11-2-1-6-18-11/h3-4,11,17-18H,1-2,5-9H2,(H,19,20). The SMILES string of the molecule is O=C(CC1CCCN1)Nc1ccc2c(c1F)CCNC2. The molecule has 4 nitrogen and oxygen atoms in total. The molecule has 2 aliphatic heterocycles. The van der Waals surface area contributed by atoms with Gasteiger partial charge in [0, 0.05) is 19.0 Å². The Bertz CT molecular complexity index is 512. The maximum absolute atomic E-state index is 14.4. The van der Waals surface area contributed by atoms with Gasteiger partial charge in [-0.3, -0.25) is 4.79 Å². The van der Waals surface area contributed by atoms with E-state index in [-0.39, 0.29) is 17.8 Å². The lowest BCUT2D eigenvalue weighted by atomic mass is 9.99. The van der Waals surface area contributed by atoms with Gasteiger partial charge in [-0.05, 0) is 49.5 Å². The van der Waals surface area contributed by atoms with E-state index in [1.807, 2.05) is 6.07 Å². The summed E-state index contributed by atoms with van der Waals surface area (Å²) in [6.07, 6.45) is 3.22. The van der Waals surface area contributed by atoms with Gasteiger partial charge in [-0.25, -0.2) is 4.39 Å². The number of fused-ring (bicyclic) bond motifs is 1. The maximum atomic E-state index is 14.4. The van der Waals surface area contributed by atoms with E-state index in [2.05, 4.69) is 16.0 Å². The molecule has 1 aromatic rings. The number of amides is 1. The van der Waals surface area contributed by atoms with Crippen molar-refractivity contribution in [2.45, 2.75) is 38.3 Å². The van der Waals surface area contributed by atoms with Crippen molar-refractivity contribution in [1.82, 2.24) is 10.6 Å². The first-order chi connectivity index (χ1) is 9.74. The van der Waals surface area contributed by atoms with E-state index in [1.54, 1.807) is 6.07 Å². The number of halogens is 1. The van der Waals surface area contributed by atoms with Crippen molar-refractivity contribution in [2.75, 3.05) is 18.4 Å². The number of hydrogen-bond acceptors (Lipinski definition) is 3. The molecular formula is C15H20FN3O. The van der Waals surface area contributed by atoms with E-state index in [0.29, 0.717) is 25.1 Å². The average Bonchev–Trinajstić information content (AvgIpc) is 2.95. The Balaban J connectivity index is 1.69. The first-order valence-electron chi connectivity index (χ1n) is 7.28. The summed E-state index contributed by atoms with van der Waals surface area (Å²) in [5.41, 5.74) is 2.04. The molecule has 0 aliphatic carbocycles. The van der Waals surface area contributed by atoms with Gasteiger partial charge >= 0.3 is 0 Å². The molecule has 2 heterocycles. The third kappa shape index (κ3) is 2.83. The predicted molar refractivity (Wildman–Crippen MR) is 76.1 cm³/mol. The third-order valence-corrected chi connectivity index (χ3v) is 4.08. The second-order valence-electron chi connectivity index (χ2n) is 5.54. The van der Waals surface area contributed by atoms with Crippen molar-refractivity contribution in [1.29, 1.82) is 0 Å². The fourth-order valence-electron chi connectivity index (χ4n) is 2.99. The quantitative estimate of drug-likeness (QED) is 0.786. The van der Waals surface area contributed by atoms with Gasteiger partial charge in [-0.2, -0.15) is 0 Å². The Morgan fingerprint density at radius 2 is 2.30 bits per heavy atom. The van der Waals surface area contributed by atoms with E-state index < -0.39 is 0 Å². The Kier molecular flexibility index (Phi) is 3.98. The van der Waals surface area contributed by atoms with Gasteiger partial charge in [0.05, 0.1) is 5.69 Å². The predicted octanol–water partition coefficient (Wildman–Crippen LogP) is 1.55. The molecule has 1 amide bonds. The summed E-state index contributed by atoms with van der Waals surface area (Å²) >= 11 is 0. The van der Waals surface area contributed by atoms with Gasteiger partial charge in [0.2, 0.25) is 5.91 Å². The molecule has 108 valence electrons. The lowest BCUT2D eigenvalue weighted by molar-refractivity contribution is -0.116. The highest BCUT2D eigenvalue weighted by Crippen LogP contribution is 2.24. The fraction of sp³-hybridized carbons (Fsp3) is 0.533. The Morgan fingerprint density at radius 3 is 3.10 bits per heavy atom. The lowest BCUT2D eigenvalue weighted by Crippen LogP contribution is -2.28. The van der Waals surface area contributed by atoms with Crippen LogP contribution in [0.1, 0.15) is 30.4 Å². The summed E-state index contributed by atoms with van der Waals surface area (Å²) in [7, 11) is 0. The second-order valence-corrected chi connectivity index (χ2v) is 5.54. The average molecular weight is 277 g/mol. The van der Waals surface area contributed by atoms with Gasteiger partial charge < -0.3 is 16.0 Å². The Morgan fingerprint density at radius 1 is 1.40 bits per heavy atom. The molecule has 20 heavy (non-hydrogen) atoms. The zero-order valence-electron chi connectivity index (χ0n) is 11.5. The van der Waals surface area contributed by atoms with Crippen LogP contribution in [-0.4, -0.2) is 25.0 Å². The minimum absolute atomic E-state index is 0.114. The summed E-state index contributed by atoms with van der Waals surface area (Å²) in [5, 5.41) is 9.20. The van der Waals surface area contributed by atoms with Gasteiger partial charge in [-0.15, -0.1) is 0 Å². The number of carbonyl (C=O) groups is 1. The molecule has 1 atom stereocenters. The zero-order valence-corrected chi connectivity index (χ0v) is 11.5. The van der Waals surface area contributed by atoms with Crippen molar-refractivity contribution >= 4 is 11.6 Å². The molecule has 1 aromatic carbocycles. The molecule has 3 N–H and O–H groups in total. The molecule has 0 bridgehead atoms. The molecule has 0 spiro atoms. The number of rotatable bonds is 3. The van der Waals surface area contributed by atoms with Crippen LogP contribution >= 0.6 is 0 Å². The summed E-state index contributed by atoms with van der Waals surface area (Å²) in [6, 6.07) is 3.80. The number of benzene rings is 1. The molecule has 0 saturated carbocycles. The van der Waals surface area contributed by atoms with Crippen LogP contribution in [0.25, 0.3) is 0 Å². The third-order valence-electron chi connectivity index (χ3n) is 4.08. The highest BCUT2D eigenvalue weighted by Gasteiger charge is 2.20. The topological polar surface area (TPSA) is 53.2 Å². The van der Waals surface area contributed by atoms with Crippen LogP contribution in [-0.2, 0) is 17.8 Å². The molecule has 0 radical (unpaired) electrons. The number of nitrogens with one attached hydrogen (secondary N) is 3. The molecule has 5 heteroatoms. The van der Waals surface area contributed by atoms with Crippen molar-refractivity contribution < 1.29 is 9.18 Å². The van der Waals surface area contributed by atoms with E-state index in [1.165, 1.54) is 0 Å². The largest absolute Gasteiger partial charge is 0.324 e. The van der Waals surface area contributed by atoms with Crippen LogP contribution in [0, 0.1) is 5.82 Å². The second kappa shape index (κ2) is 5.89. The van der Waals surface area contributed by atoms with E-state index in [9.17, 15) is 9.18 Å². The first kappa shape index (κ1) is 13.5. The molecule has 0 aromatic heterocycles. The van der Waals surface area contributed by atoms with Crippen LogP contribution in [0.5, 0.6) is 0 Å². The highest BCUT2D eigenvalue weighted by molar-refractivity contribution is 5.91. The summed E-state index contributed by atoms with van der Waals surface area (Å²) in [4.78, 5) is 12.0. The van der Waals surface area contributed by atoms with Crippen molar-refractivity contribution in [3.8, 4) is 0 Å². The first-order valence-corrected chi connectivity index (χ1v) is 7.28. The molecule has 3 rings (SSSR count). The van der Waals surface area contributed by atoms with Crippen LogP contribution in [0.2, 0.25) is 0 Å². The van der Waals surface area contributed by atoms with E-state index >= 15 is 0 Å². The van der Waals surface area contributed by atoms with Crippen LogP contribution < -0.4 is 16.0 Å². The zero-order chi connectivity index (χ0) is 13.9. The fourth-order valence-corrected chi connectivity index (χ4v) is 2.99. The van der Waals surface area contributed by atoms with E-state index in [4.69, 9.17) is 0 Å². The van der Waals surface area contributed by atoms with Crippen LogP contribution in [0.3, 0.4) is 0 Å². The summed E-state index contributed by atoms with van der Waals surface area (Å²) < 4.78 is 14.4. The van der Waals surface area contributed by atoms with E-state index in [0.717, 1.165) is 37.1 Å². The van der Waals surface area contributed by atoms with Crippen LogP contribution in [0.15, 0.2) is 12.1 Å². The molecule has 1 saturated heterocycles. The molecule has 2 aliphatic rings. The number of hydrogen-bond donors (Lipinski definition) is 3. The van der Waals surface area contributed by atoms with Crippen molar-refractivity contribution in [2.24, 2.45) is 0 Å². The summed E-state index contributed by atoms with van der Waals surface area (Å²) in [5.74, 6) is -0.381. The number of carbonyl (C=O) groups excluding carboxylic acids is 1. The van der Waals surface area contributed by atoms with Gasteiger partial charge in [-0.1, -0.05) is 6.07 Å². The molecule has 1 fully saturated rings. The maximum Gasteiger partial charge on any atom is 0.226 e. The Hall–Kier alpha value is -1.46. The van der Waals surface area contributed by atoms with Crippen molar-refractivity contribution in [3.63, 3.8) is 0 Å². The lowest BCUT2D eigenvalue weighted by Gasteiger charge is -2.19. The van der Waals surface area contributed by atoms with Gasteiger partial charge in [0.1, 0.15) is 5.82 Å². The highest BCUT2D eigenvalue weighted by atomic mass is 19.1.